The van der Waals surface area contributed by atoms with E-state index >= 15 is 0 Å². The van der Waals surface area contributed by atoms with Crippen molar-refractivity contribution in [3.63, 3.8) is 0 Å². The number of rotatable bonds is 6. The van der Waals surface area contributed by atoms with E-state index in [1.165, 1.54) is 0 Å². The van der Waals surface area contributed by atoms with Gasteiger partial charge in [-0.05, 0) is 30.7 Å². The first kappa shape index (κ1) is 20.8. The van der Waals surface area contributed by atoms with Crippen molar-refractivity contribution in [1.29, 1.82) is 5.26 Å². The number of nitrogens with zero attached hydrogens (tertiary/aromatic N) is 3. The number of nitrogens with one attached hydrogen (secondary N) is 1. The molecule has 4 aromatic rings. The third kappa shape index (κ3) is 4.66. The molecule has 32 heavy (non-hydrogen) atoms. The number of amides is 1. The molecule has 0 aliphatic carbocycles. The Morgan fingerprint density at radius 1 is 0.969 bits per heavy atom. The Kier molecular flexibility index (Phi) is 6.24. The maximum atomic E-state index is 12.9. The summed E-state index contributed by atoms with van der Waals surface area (Å²) in [5.41, 5.74) is 4.19. The van der Waals surface area contributed by atoms with Gasteiger partial charge in [0.2, 0.25) is 0 Å². The van der Waals surface area contributed by atoms with Gasteiger partial charge in [-0.2, -0.15) is 10.4 Å². The van der Waals surface area contributed by atoms with E-state index in [-0.39, 0.29) is 11.6 Å². The minimum Gasteiger partial charge on any atom is -0.345 e. The molecule has 1 aromatic heterocycles. The van der Waals surface area contributed by atoms with E-state index in [1.807, 2.05) is 110 Å². The standard InChI is InChI=1S/C27H22N4O/c1-20(21-11-5-2-6-12-21)29-27(32)23(18-28)17-24-19-31(25-15-9-4-10-16-25)30-26(24)22-13-7-3-8-14-22/h2-17,19-20H,1H3,(H,29,32)/b23-17-. The molecule has 1 heterocycles. The van der Waals surface area contributed by atoms with Crippen molar-refractivity contribution >= 4 is 12.0 Å². The van der Waals surface area contributed by atoms with E-state index in [9.17, 15) is 10.1 Å². The highest BCUT2D eigenvalue weighted by atomic mass is 16.1. The molecule has 4 rings (SSSR count). The summed E-state index contributed by atoms with van der Waals surface area (Å²) in [6.45, 7) is 1.89. The lowest BCUT2D eigenvalue weighted by atomic mass is 10.1. The van der Waals surface area contributed by atoms with Gasteiger partial charge in [-0.25, -0.2) is 4.68 Å². The Hall–Kier alpha value is -4.43. The molecule has 1 amide bonds. The van der Waals surface area contributed by atoms with E-state index in [0.717, 1.165) is 16.8 Å². The summed E-state index contributed by atoms with van der Waals surface area (Å²) in [4.78, 5) is 12.9. The van der Waals surface area contributed by atoms with Gasteiger partial charge in [0.15, 0.2) is 0 Å². The Labute approximate surface area is 187 Å². The molecule has 0 radical (unpaired) electrons. The van der Waals surface area contributed by atoms with Crippen molar-refractivity contribution in [3.05, 3.63) is 114 Å². The molecule has 1 unspecified atom stereocenters. The molecule has 0 saturated heterocycles. The summed E-state index contributed by atoms with van der Waals surface area (Å²) >= 11 is 0. The van der Waals surface area contributed by atoms with Crippen LogP contribution in [0.25, 0.3) is 23.0 Å². The summed E-state index contributed by atoms with van der Waals surface area (Å²) in [6, 6.07) is 30.9. The smallest absolute Gasteiger partial charge is 0.262 e. The number of carbonyl (C=O) groups excluding carboxylic acids is 1. The van der Waals surface area contributed by atoms with E-state index in [1.54, 1.807) is 10.8 Å². The Bertz CT molecular complexity index is 1270. The highest BCUT2D eigenvalue weighted by molar-refractivity contribution is 6.02. The minimum absolute atomic E-state index is 0.0255. The fourth-order valence-electron chi connectivity index (χ4n) is 3.43. The van der Waals surface area contributed by atoms with Gasteiger partial charge in [-0.15, -0.1) is 0 Å². The first-order valence-electron chi connectivity index (χ1n) is 10.3. The predicted octanol–water partition coefficient (Wildman–Crippen LogP) is 5.32. The van der Waals surface area contributed by atoms with Crippen LogP contribution in [0.15, 0.2) is 103 Å². The predicted molar refractivity (Wildman–Crippen MR) is 126 cm³/mol. The number of para-hydroxylation sites is 1. The molecule has 1 atom stereocenters. The van der Waals surface area contributed by atoms with E-state index in [2.05, 4.69) is 5.32 Å². The monoisotopic (exact) mass is 418 g/mol. The van der Waals surface area contributed by atoms with Crippen molar-refractivity contribution in [2.75, 3.05) is 0 Å². The second kappa shape index (κ2) is 9.59. The van der Waals surface area contributed by atoms with E-state index < -0.39 is 5.91 Å². The molecular formula is C27H22N4O. The lowest BCUT2D eigenvalue weighted by Gasteiger charge is -2.13. The molecule has 1 N–H and O–H groups in total. The highest BCUT2D eigenvalue weighted by Crippen LogP contribution is 2.26. The summed E-state index contributed by atoms with van der Waals surface area (Å²) < 4.78 is 1.76. The fourth-order valence-corrected chi connectivity index (χ4v) is 3.43. The van der Waals surface area contributed by atoms with Crippen molar-refractivity contribution in [3.8, 4) is 23.0 Å². The second-order valence-corrected chi connectivity index (χ2v) is 7.35. The minimum atomic E-state index is -0.421. The Morgan fingerprint density at radius 2 is 1.56 bits per heavy atom. The molecule has 156 valence electrons. The number of benzene rings is 3. The van der Waals surface area contributed by atoms with Gasteiger partial charge in [0.1, 0.15) is 11.6 Å². The van der Waals surface area contributed by atoms with Crippen LogP contribution in [0.2, 0.25) is 0 Å². The van der Waals surface area contributed by atoms with Crippen LogP contribution < -0.4 is 5.32 Å². The molecule has 0 aliphatic rings. The average Bonchev–Trinajstić information content (AvgIpc) is 3.28. The molecule has 5 heteroatoms. The largest absolute Gasteiger partial charge is 0.345 e. The van der Waals surface area contributed by atoms with Crippen molar-refractivity contribution < 1.29 is 4.79 Å². The van der Waals surface area contributed by atoms with Crippen LogP contribution in [-0.4, -0.2) is 15.7 Å². The fraction of sp³-hybridized carbons (Fsp3) is 0.0741. The first-order chi connectivity index (χ1) is 15.7. The van der Waals surface area contributed by atoms with E-state index in [4.69, 9.17) is 5.10 Å². The molecule has 0 fully saturated rings. The normalized spacial score (nSPS) is 12.1. The SMILES string of the molecule is CC(NC(=O)/C(C#N)=C\c1cn(-c2ccccc2)nc1-c1ccccc1)c1ccccc1. The number of carbonyl (C=O) groups is 1. The molecule has 0 aliphatic heterocycles. The van der Waals surface area contributed by atoms with Crippen molar-refractivity contribution in [2.45, 2.75) is 13.0 Å². The van der Waals surface area contributed by atoms with Crippen LogP contribution >= 0.6 is 0 Å². The van der Waals surface area contributed by atoms with Crippen LogP contribution in [0, 0.1) is 11.3 Å². The molecule has 0 saturated carbocycles. The van der Waals surface area contributed by atoms with Crippen LogP contribution in [-0.2, 0) is 4.79 Å². The van der Waals surface area contributed by atoms with Crippen LogP contribution in [0.5, 0.6) is 0 Å². The number of hydrogen-bond donors (Lipinski definition) is 1. The molecule has 0 spiro atoms. The summed E-state index contributed by atoms with van der Waals surface area (Å²) in [7, 11) is 0. The zero-order chi connectivity index (χ0) is 22.3. The third-order valence-corrected chi connectivity index (χ3v) is 5.12. The summed E-state index contributed by atoms with van der Waals surface area (Å²) in [6.07, 6.45) is 3.44. The van der Waals surface area contributed by atoms with Crippen molar-refractivity contribution in [1.82, 2.24) is 15.1 Å². The van der Waals surface area contributed by atoms with E-state index in [0.29, 0.717) is 11.3 Å². The lowest BCUT2D eigenvalue weighted by Crippen LogP contribution is -2.27. The van der Waals surface area contributed by atoms with Gasteiger partial charge in [0.05, 0.1) is 17.4 Å². The lowest BCUT2D eigenvalue weighted by molar-refractivity contribution is -0.117. The maximum Gasteiger partial charge on any atom is 0.262 e. The van der Waals surface area contributed by atoms with Gasteiger partial charge in [-0.3, -0.25) is 4.79 Å². The Morgan fingerprint density at radius 3 is 2.19 bits per heavy atom. The number of hydrogen-bond acceptors (Lipinski definition) is 3. The zero-order valence-electron chi connectivity index (χ0n) is 17.6. The van der Waals surface area contributed by atoms with Gasteiger partial charge in [0, 0.05) is 17.3 Å². The highest BCUT2D eigenvalue weighted by Gasteiger charge is 2.17. The van der Waals surface area contributed by atoms with Crippen LogP contribution in [0.1, 0.15) is 24.1 Å². The average molecular weight is 419 g/mol. The maximum absolute atomic E-state index is 12.9. The van der Waals surface area contributed by atoms with Gasteiger partial charge < -0.3 is 5.32 Å². The molecule has 3 aromatic carbocycles. The van der Waals surface area contributed by atoms with Gasteiger partial charge in [0.25, 0.3) is 5.91 Å². The quantitative estimate of drug-likeness (QED) is 0.340. The summed E-state index contributed by atoms with van der Waals surface area (Å²) in [5.74, 6) is -0.421. The van der Waals surface area contributed by atoms with Crippen LogP contribution in [0.3, 0.4) is 0 Å². The molecule has 5 nitrogen and oxygen atoms in total. The topological polar surface area (TPSA) is 70.7 Å². The van der Waals surface area contributed by atoms with Gasteiger partial charge >= 0.3 is 0 Å². The summed E-state index contributed by atoms with van der Waals surface area (Å²) in [5, 5.41) is 17.4. The molecule has 0 bridgehead atoms. The van der Waals surface area contributed by atoms with Crippen LogP contribution in [0.4, 0.5) is 0 Å². The number of nitriles is 1. The first-order valence-corrected chi connectivity index (χ1v) is 10.3. The number of aromatic nitrogens is 2. The van der Waals surface area contributed by atoms with Gasteiger partial charge in [-0.1, -0.05) is 78.9 Å². The van der Waals surface area contributed by atoms with Crippen molar-refractivity contribution in [2.24, 2.45) is 0 Å². The third-order valence-electron chi connectivity index (χ3n) is 5.12. The second-order valence-electron chi connectivity index (χ2n) is 7.35. The Balaban J connectivity index is 1.69. The molecular weight excluding hydrogens is 396 g/mol. The zero-order valence-corrected chi connectivity index (χ0v) is 17.6.